The lowest BCUT2D eigenvalue weighted by atomic mass is 9.79. The van der Waals surface area contributed by atoms with Crippen LogP contribution in [0.15, 0.2) is 16.6 Å². The van der Waals surface area contributed by atoms with Gasteiger partial charge in [0.2, 0.25) is 0 Å². The van der Waals surface area contributed by atoms with Crippen molar-refractivity contribution >= 4 is 22.1 Å². The molecule has 0 aliphatic carbocycles. The summed E-state index contributed by atoms with van der Waals surface area (Å²) in [6.07, 6.45) is -0.671. The first-order valence-corrected chi connectivity index (χ1v) is 8.66. The van der Waals surface area contributed by atoms with Gasteiger partial charge in [-0.05, 0) is 43.7 Å². The van der Waals surface area contributed by atoms with Crippen LogP contribution in [0.4, 0.5) is 4.79 Å². The normalized spacial score (nSPS) is 13.0. The fourth-order valence-electron chi connectivity index (χ4n) is 2.17. The van der Waals surface area contributed by atoms with Crippen LogP contribution in [-0.2, 0) is 15.6 Å². The highest BCUT2D eigenvalue weighted by atomic mass is 79.9. The van der Waals surface area contributed by atoms with Crippen LogP contribution in [0, 0.1) is 0 Å². The molecule has 0 aliphatic rings. The van der Waals surface area contributed by atoms with Crippen molar-refractivity contribution < 1.29 is 14.3 Å². The summed E-state index contributed by atoms with van der Waals surface area (Å²) in [6, 6.07) is 4.02. The van der Waals surface area contributed by atoms with Crippen molar-refractivity contribution in [3.63, 3.8) is 0 Å². The van der Waals surface area contributed by atoms with Gasteiger partial charge in [-0.15, -0.1) is 0 Å². The van der Waals surface area contributed by atoms with Gasteiger partial charge in [-0.2, -0.15) is 0 Å². The standard InChI is InChI=1S/C19H29BrO3/c1-17(2,3)13-10-12(20)11-14(18(4,5)6)15(13)22-16(21)23-19(7,8)9/h10-11H,1-9H3. The Morgan fingerprint density at radius 2 is 1.26 bits per heavy atom. The Labute approximate surface area is 148 Å². The van der Waals surface area contributed by atoms with Crippen LogP contribution in [-0.4, -0.2) is 11.8 Å². The zero-order valence-corrected chi connectivity index (χ0v) is 17.3. The number of hydrogen-bond donors (Lipinski definition) is 0. The average molecular weight is 385 g/mol. The number of carbonyl (C=O) groups is 1. The topological polar surface area (TPSA) is 35.5 Å². The van der Waals surface area contributed by atoms with Gasteiger partial charge >= 0.3 is 6.16 Å². The molecule has 0 spiro atoms. The SMILES string of the molecule is CC(C)(C)OC(=O)Oc1c(C(C)(C)C)cc(Br)cc1C(C)(C)C. The lowest BCUT2D eigenvalue weighted by molar-refractivity contribution is 0.0199. The molecule has 0 heterocycles. The second kappa shape index (κ2) is 6.46. The molecule has 0 unspecified atom stereocenters. The number of carbonyl (C=O) groups excluding carboxylic acids is 1. The van der Waals surface area contributed by atoms with Gasteiger partial charge < -0.3 is 9.47 Å². The maximum absolute atomic E-state index is 12.2. The zero-order chi connectivity index (χ0) is 18.2. The molecule has 1 aromatic carbocycles. The quantitative estimate of drug-likeness (QED) is 0.417. The van der Waals surface area contributed by atoms with Crippen molar-refractivity contribution in [2.45, 2.75) is 78.7 Å². The highest BCUT2D eigenvalue weighted by Crippen LogP contribution is 2.42. The molecular formula is C19H29BrO3. The van der Waals surface area contributed by atoms with Crippen LogP contribution in [0.2, 0.25) is 0 Å². The summed E-state index contributed by atoms with van der Waals surface area (Å²) >= 11 is 3.58. The molecule has 0 saturated heterocycles. The minimum atomic E-state index is -0.671. The van der Waals surface area contributed by atoms with Crippen LogP contribution in [0.25, 0.3) is 0 Å². The predicted molar refractivity (Wildman–Crippen MR) is 98.4 cm³/mol. The summed E-state index contributed by atoms with van der Waals surface area (Å²) in [6.45, 7) is 18.1. The summed E-state index contributed by atoms with van der Waals surface area (Å²) in [4.78, 5) is 12.2. The summed E-state index contributed by atoms with van der Waals surface area (Å²) in [5.41, 5.74) is 1.03. The van der Waals surface area contributed by atoms with Crippen molar-refractivity contribution in [1.82, 2.24) is 0 Å². The molecule has 0 aliphatic heterocycles. The highest BCUT2D eigenvalue weighted by molar-refractivity contribution is 9.10. The largest absolute Gasteiger partial charge is 0.514 e. The maximum atomic E-state index is 12.2. The number of ether oxygens (including phenoxy) is 2. The summed E-state index contributed by atoms with van der Waals surface area (Å²) in [5, 5.41) is 0. The van der Waals surface area contributed by atoms with Gasteiger partial charge in [-0.25, -0.2) is 4.79 Å². The molecule has 1 aromatic rings. The Morgan fingerprint density at radius 3 is 1.57 bits per heavy atom. The summed E-state index contributed by atoms with van der Waals surface area (Å²) in [5.74, 6) is 0.599. The van der Waals surface area contributed by atoms with Gasteiger partial charge in [0.15, 0.2) is 0 Å². The Kier molecular flexibility index (Phi) is 5.62. The third-order valence-corrected chi connectivity index (χ3v) is 3.70. The van der Waals surface area contributed by atoms with E-state index < -0.39 is 11.8 Å². The smallest absolute Gasteiger partial charge is 0.428 e. The molecule has 1 rings (SSSR count). The van der Waals surface area contributed by atoms with Crippen molar-refractivity contribution in [2.75, 3.05) is 0 Å². The van der Waals surface area contributed by atoms with Crippen LogP contribution < -0.4 is 4.74 Å². The monoisotopic (exact) mass is 384 g/mol. The molecule has 0 saturated carbocycles. The first kappa shape index (κ1) is 20.0. The van der Waals surface area contributed by atoms with E-state index in [0.717, 1.165) is 15.6 Å². The molecule has 3 nitrogen and oxygen atoms in total. The van der Waals surface area contributed by atoms with E-state index in [9.17, 15) is 4.79 Å². The lowest BCUT2D eigenvalue weighted by Crippen LogP contribution is -2.28. The molecule has 0 amide bonds. The van der Waals surface area contributed by atoms with E-state index in [-0.39, 0.29) is 10.8 Å². The van der Waals surface area contributed by atoms with E-state index in [1.165, 1.54) is 0 Å². The number of rotatable bonds is 1. The maximum Gasteiger partial charge on any atom is 0.514 e. The molecule has 0 bridgehead atoms. The van der Waals surface area contributed by atoms with E-state index in [0.29, 0.717) is 5.75 Å². The van der Waals surface area contributed by atoms with Gasteiger partial charge in [-0.3, -0.25) is 0 Å². The zero-order valence-electron chi connectivity index (χ0n) is 15.8. The van der Waals surface area contributed by atoms with Crippen LogP contribution >= 0.6 is 15.9 Å². The fourth-order valence-corrected chi connectivity index (χ4v) is 2.63. The van der Waals surface area contributed by atoms with E-state index in [1.54, 1.807) is 0 Å². The number of benzene rings is 1. The predicted octanol–water partition coefficient (Wildman–Crippen LogP) is 6.36. The van der Waals surface area contributed by atoms with Crippen molar-refractivity contribution in [1.29, 1.82) is 0 Å². The van der Waals surface area contributed by atoms with Crippen molar-refractivity contribution in [2.24, 2.45) is 0 Å². The Balaban J connectivity index is 3.45. The molecule has 0 fully saturated rings. The molecule has 0 aromatic heterocycles. The van der Waals surface area contributed by atoms with E-state index >= 15 is 0 Å². The summed E-state index contributed by atoms with van der Waals surface area (Å²) < 4.78 is 12.0. The second-order valence-corrected chi connectivity index (χ2v) is 9.81. The van der Waals surface area contributed by atoms with Gasteiger partial charge in [0.1, 0.15) is 11.4 Å². The Morgan fingerprint density at radius 1 is 0.870 bits per heavy atom. The minimum Gasteiger partial charge on any atom is -0.428 e. The van der Waals surface area contributed by atoms with Crippen molar-refractivity contribution in [3.8, 4) is 5.75 Å². The van der Waals surface area contributed by atoms with Crippen LogP contribution in [0.1, 0.15) is 73.4 Å². The first-order valence-electron chi connectivity index (χ1n) is 7.86. The molecule has 0 atom stereocenters. The second-order valence-electron chi connectivity index (χ2n) is 8.90. The van der Waals surface area contributed by atoms with Gasteiger partial charge in [-0.1, -0.05) is 57.5 Å². The van der Waals surface area contributed by atoms with E-state index in [4.69, 9.17) is 9.47 Å². The Bertz CT molecular complexity index is 549. The third-order valence-electron chi connectivity index (χ3n) is 3.24. The average Bonchev–Trinajstić information content (AvgIpc) is 2.25. The van der Waals surface area contributed by atoms with Crippen molar-refractivity contribution in [3.05, 3.63) is 27.7 Å². The number of hydrogen-bond acceptors (Lipinski definition) is 3. The van der Waals surface area contributed by atoms with Gasteiger partial charge in [0.25, 0.3) is 0 Å². The third kappa shape index (κ3) is 5.83. The molecule has 130 valence electrons. The molecule has 0 N–H and O–H groups in total. The molecular weight excluding hydrogens is 356 g/mol. The van der Waals surface area contributed by atoms with Crippen LogP contribution in [0.5, 0.6) is 5.75 Å². The minimum absolute atomic E-state index is 0.166. The van der Waals surface area contributed by atoms with Gasteiger partial charge in [0, 0.05) is 15.6 Å². The van der Waals surface area contributed by atoms with E-state index in [2.05, 4.69) is 57.5 Å². The summed E-state index contributed by atoms with van der Waals surface area (Å²) in [7, 11) is 0. The first-order chi connectivity index (χ1) is 10.1. The van der Waals surface area contributed by atoms with E-state index in [1.807, 2.05) is 32.9 Å². The molecule has 23 heavy (non-hydrogen) atoms. The fraction of sp³-hybridized carbons (Fsp3) is 0.632. The number of halogens is 1. The lowest BCUT2D eigenvalue weighted by Gasteiger charge is -2.30. The van der Waals surface area contributed by atoms with Crippen LogP contribution in [0.3, 0.4) is 0 Å². The van der Waals surface area contributed by atoms with Gasteiger partial charge in [0.05, 0.1) is 0 Å². The molecule has 0 radical (unpaired) electrons. The molecule has 4 heteroatoms. The Hall–Kier alpha value is -1.03. The highest BCUT2D eigenvalue weighted by Gasteiger charge is 2.30.